The second-order valence-electron chi connectivity index (χ2n) is 12.8. The van der Waals surface area contributed by atoms with E-state index < -0.39 is 107 Å². The van der Waals surface area contributed by atoms with Crippen molar-refractivity contribution < 1.29 is 56.6 Å². The number of halogens is 3. The van der Waals surface area contributed by atoms with Gasteiger partial charge < -0.3 is 51.6 Å². The molecule has 5 rings (SSSR count). The van der Waals surface area contributed by atoms with Gasteiger partial charge in [0, 0.05) is 65.0 Å². The number of carboxylic acid groups (broad SMARTS) is 2. The zero-order valence-corrected chi connectivity index (χ0v) is 29.5. The minimum absolute atomic E-state index is 0.0449. The number of nitrogens with two attached hydrogens (primary N) is 1. The number of rotatable bonds is 17. The van der Waals surface area contributed by atoms with Gasteiger partial charge in [-0.15, -0.1) is 0 Å². The number of aliphatic carboxylic acids is 2. The van der Waals surface area contributed by atoms with E-state index in [0.717, 1.165) is 29.1 Å². The molecule has 2 aromatic carbocycles. The number of hydrogen-bond acceptors (Lipinski definition) is 10. The molecule has 21 heteroatoms. The van der Waals surface area contributed by atoms with Crippen LogP contribution in [0, 0.1) is 0 Å². The number of nitrogens with one attached hydrogen (secondary N) is 6. The largest absolute Gasteiger partial charge is 0.481 e. The van der Waals surface area contributed by atoms with Crippen molar-refractivity contribution in [3.63, 3.8) is 0 Å². The lowest BCUT2D eigenvalue weighted by atomic mass is 10.0. The molecule has 57 heavy (non-hydrogen) atoms. The van der Waals surface area contributed by atoms with E-state index in [1.807, 2.05) is 18.2 Å². The molecular weight excluding hydrogens is 761 g/mol. The van der Waals surface area contributed by atoms with Crippen molar-refractivity contribution in [1.82, 2.24) is 30.9 Å². The van der Waals surface area contributed by atoms with Crippen LogP contribution in [0.25, 0.3) is 21.9 Å². The number of aromatic nitrogens is 3. The highest BCUT2D eigenvalue weighted by Gasteiger charge is 2.35. The van der Waals surface area contributed by atoms with Crippen LogP contribution < -0.4 is 32.6 Å². The number of anilines is 1. The first kappa shape index (κ1) is 41.1. The van der Waals surface area contributed by atoms with Gasteiger partial charge >= 0.3 is 23.7 Å². The van der Waals surface area contributed by atoms with E-state index in [-0.39, 0.29) is 30.3 Å². The van der Waals surface area contributed by atoms with Gasteiger partial charge in [0.2, 0.25) is 23.6 Å². The van der Waals surface area contributed by atoms with Crippen LogP contribution in [0.3, 0.4) is 0 Å². The third-order valence-electron chi connectivity index (χ3n) is 8.67. The van der Waals surface area contributed by atoms with Gasteiger partial charge in [0.25, 0.3) is 0 Å². The van der Waals surface area contributed by atoms with Gasteiger partial charge in [0.05, 0.1) is 24.4 Å². The number of alkyl halides is 3. The number of aromatic amines is 2. The van der Waals surface area contributed by atoms with Gasteiger partial charge in [0.15, 0.2) is 0 Å². The summed E-state index contributed by atoms with van der Waals surface area (Å²) in [7, 11) is 0. The number of nitrogens with zero attached hydrogens (tertiary/aromatic N) is 1. The minimum atomic E-state index is -4.91. The molecule has 3 heterocycles. The lowest BCUT2D eigenvalue weighted by molar-refractivity contribution is -0.140. The number of imidazole rings is 1. The molecule has 0 aliphatic rings. The van der Waals surface area contributed by atoms with Crippen molar-refractivity contribution in [3.05, 3.63) is 94.5 Å². The molecule has 3 aromatic heterocycles. The Morgan fingerprint density at radius 3 is 2.21 bits per heavy atom. The SMILES string of the molecule is N[C@@H](Cc1c[nH]c2ccccc12)C(=O)N[C@@H](CCC(=O)O)C(=O)N[C@@H](Cc1cnc[nH]1)C(=O)N[C@@H](CC(=O)O)C(=O)Nc1ccc2c(C(F)(F)F)cc(=O)oc2c1. The standard InChI is InChI=1S/C36H35F3N8O10/c37-36(38,39)22-12-31(52)57-28-11-18(5-6-21(22)28)44-34(55)27(13-30(50)51)47-35(56)26(10-19-15-41-16-43-19)46-33(54)25(7-8-29(48)49)45-32(53)23(40)9-17-14-42-24-4-2-1-3-20(17)24/h1-6,11-12,14-16,23,25-27,42H,7-10,13,40H2,(H,41,43)(H,44,55)(H,45,53)(H,46,54)(H,47,56)(H,48,49)(H,50,51)/t23-,25-,26-,27-/m0/s1. The monoisotopic (exact) mass is 796 g/mol. The van der Waals surface area contributed by atoms with Crippen LogP contribution in [-0.2, 0) is 47.8 Å². The molecule has 4 amide bonds. The molecule has 0 aliphatic carbocycles. The topological polar surface area (TPSA) is 292 Å². The smallest absolute Gasteiger partial charge is 0.417 e. The number of carboxylic acids is 2. The molecule has 0 saturated carbocycles. The molecule has 0 fully saturated rings. The molecule has 300 valence electrons. The minimum Gasteiger partial charge on any atom is -0.481 e. The van der Waals surface area contributed by atoms with Crippen molar-refractivity contribution in [2.45, 2.75) is 62.4 Å². The first-order valence-corrected chi connectivity index (χ1v) is 17.1. The second-order valence-corrected chi connectivity index (χ2v) is 12.8. The lowest BCUT2D eigenvalue weighted by Crippen LogP contribution is -2.58. The average molecular weight is 797 g/mol. The quantitative estimate of drug-likeness (QED) is 0.0606. The number of carbonyl (C=O) groups is 6. The molecule has 5 aromatic rings. The predicted octanol–water partition coefficient (Wildman–Crippen LogP) is 1.56. The van der Waals surface area contributed by atoms with E-state index in [9.17, 15) is 56.9 Å². The fourth-order valence-corrected chi connectivity index (χ4v) is 5.90. The Balaban J connectivity index is 1.33. The molecule has 0 unspecified atom stereocenters. The fraction of sp³-hybridized carbons (Fsp3) is 0.278. The lowest BCUT2D eigenvalue weighted by Gasteiger charge is -2.25. The first-order valence-electron chi connectivity index (χ1n) is 17.1. The summed E-state index contributed by atoms with van der Waals surface area (Å²) in [5.41, 5.74) is 4.61. The molecule has 18 nitrogen and oxygen atoms in total. The van der Waals surface area contributed by atoms with Crippen LogP contribution in [0.1, 0.15) is 36.1 Å². The molecule has 10 N–H and O–H groups in total. The van der Waals surface area contributed by atoms with E-state index in [4.69, 9.17) is 10.2 Å². The van der Waals surface area contributed by atoms with Crippen LogP contribution >= 0.6 is 0 Å². The van der Waals surface area contributed by atoms with Gasteiger partial charge in [-0.3, -0.25) is 28.8 Å². The summed E-state index contributed by atoms with van der Waals surface area (Å²) >= 11 is 0. The highest BCUT2D eigenvalue weighted by molar-refractivity contribution is 6.01. The highest BCUT2D eigenvalue weighted by atomic mass is 19.4. The number of benzene rings is 2. The molecule has 0 aliphatic heterocycles. The Labute approximate surface area is 318 Å². The van der Waals surface area contributed by atoms with Gasteiger partial charge in [-0.1, -0.05) is 18.2 Å². The van der Waals surface area contributed by atoms with E-state index in [1.54, 1.807) is 12.3 Å². The Kier molecular flexibility index (Phi) is 12.7. The Morgan fingerprint density at radius 1 is 0.825 bits per heavy atom. The second kappa shape index (κ2) is 17.6. The number of para-hydroxylation sites is 1. The maximum absolute atomic E-state index is 13.7. The maximum Gasteiger partial charge on any atom is 0.417 e. The molecule has 0 radical (unpaired) electrons. The number of amides is 4. The predicted molar refractivity (Wildman–Crippen MR) is 193 cm³/mol. The maximum atomic E-state index is 13.7. The van der Waals surface area contributed by atoms with Gasteiger partial charge in [-0.05, 0) is 36.6 Å². The summed E-state index contributed by atoms with van der Waals surface area (Å²) in [5, 5.41) is 28.6. The van der Waals surface area contributed by atoms with Gasteiger partial charge in [0.1, 0.15) is 23.7 Å². The third kappa shape index (κ3) is 10.8. The summed E-state index contributed by atoms with van der Waals surface area (Å²) in [6, 6.07) is 4.26. The van der Waals surface area contributed by atoms with Crippen LogP contribution in [0.2, 0.25) is 0 Å². The number of H-pyrrole nitrogens is 2. The summed E-state index contributed by atoms with van der Waals surface area (Å²) in [5.74, 6) is -6.92. The van der Waals surface area contributed by atoms with Crippen LogP contribution in [0.15, 0.2) is 76.5 Å². The fourth-order valence-electron chi connectivity index (χ4n) is 5.90. The Hall–Kier alpha value is -7.03. The van der Waals surface area contributed by atoms with Crippen molar-refractivity contribution in [1.29, 1.82) is 0 Å². The normalized spacial score (nSPS) is 13.6. The van der Waals surface area contributed by atoms with Crippen molar-refractivity contribution in [2.24, 2.45) is 5.73 Å². The Morgan fingerprint density at radius 2 is 1.53 bits per heavy atom. The molecule has 0 bridgehead atoms. The molecule has 4 atom stereocenters. The van der Waals surface area contributed by atoms with Crippen molar-refractivity contribution in [3.8, 4) is 0 Å². The van der Waals surface area contributed by atoms with Crippen molar-refractivity contribution in [2.75, 3.05) is 5.32 Å². The van der Waals surface area contributed by atoms with Gasteiger partial charge in [-0.2, -0.15) is 13.2 Å². The number of carbonyl (C=O) groups excluding carboxylic acids is 4. The summed E-state index contributed by atoms with van der Waals surface area (Å²) in [4.78, 5) is 98.6. The van der Waals surface area contributed by atoms with E-state index in [2.05, 4.69) is 36.2 Å². The van der Waals surface area contributed by atoms with E-state index >= 15 is 0 Å². The zero-order chi connectivity index (χ0) is 41.4. The summed E-state index contributed by atoms with van der Waals surface area (Å²) in [6.07, 6.45) is -2.94. The van der Waals surface area contributed by atoms with Crippen LogP contribution in [0.4, 0.5) is 18.9 Å². The molecular formula is C36H35F3N8O10. The average Bonchev–Trinajstić information content (AvgIpc) is 3.81. The molecule has 0 saturated heterocycles. The van der Waals surface area contributed by atoms with E-state index in [1.165, 1.54) is 12.5 Å². The van der Waals surface area contributed by atoms with Gasteiger partial charge in [-0.25, -0.2) is 9.78 Å². The van der Waals surface area contributed by atoms with Crippen LogP contribution in [-0.4, -0.2) is 84.9 Å². The highest BCUT2D eigenvalue weighted by Crippen LogP contribution is 2.34. The number of fused-ring (bicyclic) bond motifs is 2. The van der Waals surface area contributed by atoms with E-state index in [0.29, 0.717) is 5.56 Å². The molecule has 0 spiro atoms. The van der Waals surface area contributed by atoms with Crippen LogP contribution in [0.5, 0.6) is 0 Å². The first-order chi connectivity index (χ1) is 27.0. The zero-order valence-electron chi connectivity index (χ0n) is 29.5. The summed E-state index contributed by atoms with van der Waals surface area (Å²) in [6.45, 7) is 0. The number of hydrogen-bond donors (Lipinski definition) is 9. The Bertz CT molecular complexity index is 2360. The third-order valence-corrected chi connectivity index (χ3v) is 8.67. The summed E-state index contributed by atoms with van der Waals surface area (Å²) < 4.78 is 45.4. The van der Waals surface area contributed by atoms with Crippen molar-refractivity contribution >= 4 is 63.1 Å².